The second-order valence-electron chi connectivity index (χ2n) is 7.85. The number of hydrogen-bond donors (Lipinski definition) is 1. The van der Waals surface area contributed by atoms with Gasteiger partial charge in [0.1, 0.15) is 0 Å². The molecule has 0 bridgehead atoms. The number of carbonyl (C=O) groups excluding carboxylic acids is 2. The number of nitrogens with zero attached hydrogens (tertiary/aromatic N) is 4. The van der Waals surface area contributed by atoms with Crippen molar-refractivity contribution in [2.45, 2.75) is 25.2 Å². The Labute approximate surface area is 176 Å². The van der Waals surface area contributed by atoms with E-state index in [0.717, 1.165) is 31.6 Å². The van der Waals surface area contributed by atoms with E-state index in [0.29, 0.717) is 31.2 Å². The summed E-state index contributed by atoms with van der Waals surface area (Å²) in [4.78, 5) is 28.7. The fourth-order valence-electron chi connectivity index (χ4n) is 4.04. The number of rotatable bonds is 6. The van der Waals surface area contributed by atoms with Crippen LogP contribution in [-0.4, -0.2) is 53.1 Å². The van der Waals surface area contributed by atoms with Gasteiger partial charge in [-0.2, -0.15) is 5.10 Å². The van der Waals surface area contributed by atoms with Gasteiger partial charge in [0, 0.05) is 38.8 Å². The molecule has 2 fully saturated rings. The van der Waals surface area contributed by atoms with Crippen molar-refractivity contribution in [3.05, 3.63) is 60.8 Å². The molecule has 3 heterocycles. The number of benzene rings is 1. The highest BCUT2D eigenvalue weighted by molar-refractivity contribution is 6.01. The van der Waals surface area contributed by atoms with Crippen molar-refractivity contribution in [2.75, 3.05) is 31.1 Å². The molecule has 0 atom stereocenters. The minimum atomic E-state index is -0.0379. The number of piperidine rings is 1. The van der Waals surface area contributed by atoms with Gasteiger partial charge in [-0.05, 0) is 48.6 Å². The third kappa shape index (κ3) is 4.26. The van der Waals surface area contributed by atoms with Gasteiger partial charge in [0.2, 0.25) is 11.8 Å². The lowest BCUT2D eigenvalue weighted by Crippen LogP contribution is -2.51. The van der Waals surface area contributed by atoms with Gasteiger partial charge in [0.25, 0.3) is 0 Å². The lowest BCUT2D eigenvalue weighted by molar-refractivity contribution is -0.131. The number of likely N-dealkylation sites (tertiary alicyclic amines) is 1. The molecule has 7 nitrogen and oxygen atoms in total. The molecule has 7 heteroatoms. The molecule has 0 unspecified atom stereocenters. The van der Waals surface area contributed by atoms with E-state index >= 15 is 0 Å². The first-order valence-electron chi connectivity index (χ1n) is 10.5. The van der Waals surface area contributed by atoms with Crippen LogP contribution in [-0.2, 0) is 9.59 Å². The molecule has 1 N–H and O–H groups in total. The summed E-state index contributed by atoms with van der Waals surface area (Å²) in [6.45, 7) is 6.58. The Morgan fingerprint density at radius 1 is 1.17 bits per heavy atom. The molecule has 2 amide bonds. The third-order valence-electron chi connectivity index (χ3n) is 5.93. The SMILES string of the molecule is C=CCC(=O)N1CCC(c2ccc(N(C(=O)C3CNC3)c3cccnn3)cc2)CC1. The van der Waals surface area contributed by atoms with E-state index in [9.17, 15) is 9.59 Å². The van der Waals surface area contributed by atoms with E-state index in [1.54, 1.807) is 29.3 Å². The predicted molar refractivity (Wildman–Crippen MR) is 115 cm³/mol. The maximum Gasteiger partial charge on any atom is 0.238 e. The molecule has 1 aromatic carbocycles. The maximum absolute atomic E-state index is 13.0. The Balaban J connectivity index is 1.48. The fraction of sp³-hybridized carbons (Fsp3) is 0.391. The standard InChI is InChI=1S/C23H27N5O2/c1-2-4-22(29)27-13-10-18(11-14-27)17-6-8-20(9-7-17)28(21-5-3-12-25-26-21)23(30)19-15-24-16-19/h2-3,5-9,12,18-19,24H,1,4,10-11,13-16H2. The quantitative estimate of drug-likeness (QED) is 0.748. The highest BCUT2D eigenvalue weighted by atomic mass is 16.2. The van der Waals surface area contributed by atoms with Gasteiger partial charge in [-0.25, -0.2) is 0 Å². The van der Waals surface area contributed by atoms with Crippen molar-refractivity contribution < 1.29 is 9.59 Å². The van der Waals surface area contributed by atoms with Crippen LogP contribution in [0.4, 0.5) is 11.5 Å². The second kappa shape index (κ2) is 9.17. The highest BCUT2D eigenvalue weighted by Gasteiger charge is 2.32. The third-order valence-corrected chi connectivity index (χ3v) is 5.93. The van der Waals surface area contributed by atoms with E-state index in [1.807, 2.05) is 17.0 Å². The van der Waals surface area contributed by atoms with Crippen LogP contribution in [0.25, 0.3) is 0 Å². The zero-order chi connectivity index (χ0) is 20.9. The van der Waals surface area contributed by atoms with Gasteiger partial charge in [-0.15, -0.1) is 11.7 Å². The minimum Gasteiger partial charge on any atom is -0.342 e. The number of amides is 2. The molecule has 2 aliphatic heterocycles. The van der Waals surface area contributed by atoms with Gasteiger partial charge >= 0.3 is 0 Å². The lowest BCUT2D eigenvalue weighted by Gasteiger charge is -2.33. The molecule has 1 aromatic heterocycles. The zero-order valence-electron chi connectivity index (χ0n) is 17.0. The normalized spacial score (nSPS) is 17.3. The molecule has 2 aromatic rings. The summed E-state index contributed by atoms with van der Waals surface area (Å²) in [6, 6.07) is 11.8. The van der Waals surface area contributed by atoms with Crippen LogP contribution in [0, 0.1) is 5.92 Å². The van der Waals surface area contributed by atoms with Crippen LogP contribution in [0.2, 0.25) is 0 Å². The van der Waals surface area contributed by atoms with Crippen LogP contribution in [0.5, 0.6) is 0 Å². The van der Waals surface area contributed by atoms with Crippen molar-refractivity contribution in [1.29, 1.82) is 0 Å². The van der Waals surface area contributed by atoms with Gasteiger partial charge < -0.3 is 10.2 Å². The first kappa shape index (κ1) is 20.2. The fourth-order valence-corrected chi connectivity index (χ4v) is 4.04. The molecule has 0 saturated carbocycles. The van der Waals surface area contributed by atoms with E-state index in [-0.39, 0.29) is 17.7 Å². The molecule has 4 rings (SSSR count). The molecule has 2 aliphatic rings. The molecule has 0 spiro atoms. The van der Waals surface area contributed by atoms with Gasteiger partial charge in [-0.1, -0.05) is 18.2 Å². The molecule has 0 radical (unpaired) electrons. The van der Waals surface area contributed by atoms with Crippen LogP contribution < -0.4 is 10.2 Å². The number of carbonyl (C=O) groups is 2. The number of hydrogen-bond acceptors (Lipinski definition) is 5. The number of nitrogens with one attached hydrogen (secondary N) is 1. The van der Waals surface area contributed by atoms with Crippen LogP contribution in [0.15, 0.2) is 55.3 Å². The first-order chi connectivity index (χ1) is 14.7. The average molecular weight is 406 g/mol. The number of aromatic nitrogens is 2. The first-order valence-corrected chi connectivity index (χ1v) is 10.5. The molecular formula is C23H27N5O2. The molecule has 156 valence electrons. The van der Waals surface area contributed by atoms with E-state index in [4.69, 9.17) is 0 Å². The molecule has 2 saturated heterocycles. The monoisotopic (exact) mass is 405 g/mol. The summed E-state index contributed by atoms with van der Waals surface area (Å²) in [5, 5.41) is 11.3. The lowest BCUT2D eigenvalue weighted by atomic mass is 9.89. The summed E-state index contributed by atoms with van der Waals surface area (Å²) in [7, 11) is 0. The average Bonchev–Trinajstić information content (AvgIpc) is 2.74. The molecule has 0 aliphatic carbocycles. The van der Waals surface area contributed by atoms with E-state index in [1.165, 1.54) is 5.56 Å². The van der Waals surface area contributed by atoms with Crippen LogP contribution in [0.3, 0.4) is 0 Å². The zero-order valence-corrected chi connectivity index (χ0v) is 17.0. The second-order valence-corrected chi connectivity index (χ2v) is 7.85. The largest absolute Gasteiger partial charge is 0.342 e. The summed E-state index contributed by atoms with van der Waals surface area (Å²) in [5.41, 5.74) is 2.04. The Morgan fingerprint density at radius 3 is 2.47 bits per heavy atom. The Hall–Kier alpha value is -3.06. The summed E-state index contributed by atoms with van der Waals surface area (Å²) >= 11 is 0. The van der Waals surface area contributed by atoms with Crippen molar-refractivity contribution in [2.24, 2.45) is 5.92 Å². The maximum atomic E-state index is 13.0. The summed E-state index contributed by atoms with van der Waals surface area (Å²) in [5.74, 6) is 1.11. The van der Waals surface area contributed by atoms with Crippen LogP contribution >= 0.6 is 0 Å². The highest BCUT2D eigenvalue weighted by Crippen LogP contribution is 2.32. The van der Waals surface area contributed by atoms with Crippen molar-refractivity contribution in [1.82, 2.24) is 20.4 Å². The van der Waals surface area contributed by atoms with Crippen molar-refractivity contribution in [3.63, 3.8) is 0 Å². The number of anilines is 2. The van der Waals surface area contributed by atoms with E-state index < -0.39 is 0 Å². The van der Waals surface area contributed by atoms with Crippen molar-refractivity contribution >= 4 is 23.3 Å². The Kier molecular flexibility index (Phi) is 6.18. The van der Waals surface area contributed by atoms with Gasteiger partial charge in [0.15, 0.2) is 5.82 Å². The molecule has 30 heavy (non-hydrogen) atoms. The van der Waals surface area contributed by atoms with Crippen molar-refractivity contribution in [3.8, 4) is 0 Å². The summed E-state index contributed by atoms with van der Waals surface area (Å²) in [6.07, 6.45) is 5.57. The van der Waals surface area contributed by atoms with Crippen LogP contribution in [0.1, 0.15) is 30.7 Å². The summed E-state index contributed by atoms with van der Waals surface area (Å²) < 4.78 is 0. The molecular weight excluding hydrogens is 378 g/mol. The predicted octanol–water partition coefficient (Wildman–Crippen LogP) is 2.64. The minimum absolute atomic E-state index is 0.0379. The van der Waals surface area contributed by atoms with Gasteiger partial charge in [0.05, 0.1) is 11.6 Å². The smallest absolute Gasteiger partial charge is 0.238 e. The Bertz CT molecular complexity index is 888. The topological polar surface area (TPSA) is 78.4 Å². The van der Waals surface area contributed by atoms with Gasteiger partial charge in [-0.3, -0.25) is 14.5 Å². The van der Waals surface area contributed by atoms with E-state index in [2.05, 4.69) is 34.2 Å². The Morgan fingerprint density at radius 2 is 1.90 bits per heavy atom.